The van der Waals surface area contributed by atoms with Crippen molar-refractivity contribution < 1.29 is 19.2 Å². The summed E-state index contributed by atoms with van der Waals surface area (Å²) < 4.78 is 0. The van der Waals surface area contributed by atoms with Gasteiger partial charge >= 0.3 is 0 Å². The summed E-state index contributed by atoms with van der Waals surface area (Å²) in [5, 5.41) is 2.85. The summed E-state index contributed by atoms with van der Waals surface area (Å²) in [7, 11) is 0. The van der Waals surface area contributed by atoms with Gasteiger partial charge in [0, 0.05) is 23.7 Å². The number of amides is 3. The molecule has 158 valence electrons. The maximum absolute atomic E-state index is 13.0. The molecule has 0 radical (unpaired) electrons. The normalized spacial score (nSPS) is 34.9. The van der Waals surface area contributed by atoms with Gasteiger partial charge in [-0.2, -0.15) is 0 Å². The Balaban J connectivity index is 1.22. The largest absolute Gasteiger partial charge is 0.324 e. The lowest BCUT2D eigenvalue weighted by Crippen LogP contribution is -2.44. The fourth-order valence-corrected chi connectivity index (χ4v) is 6.42. The van der Waals surface area contributed by atoms with Crippen molar-refractivity contribution in [2.24, 2.45) is 29.6 Å². The average molecular weight is 409 g/mol. The van der Waals surface area contributed by atoms with Crippen LogP contribution in [0.2, 0.25) is 0 Å². The molecule has 3 amide bonds. The minimum Gasteiger partial charge on any atom is -0.324 e. The van der Waals surface area contributed by atoms with Crippen molar-refractivity contribution in [1.82, 2.24) is 9.88 Å². The maximum atomic E-state index is 13.0. The Morgan fingerprint density at radius 2 is 1.63 bits per heavy atom. The smallest absolute Gasteiger partial charge is 0.233 e. The molecule has 1 saturated heterocycles. The predicted octanol–water partition coefficient (Wildman–Crippen LogP) is 2.81. The van der Waals surface area contributed by atoms with Gasteiger partial charge in [0.1, 0.15) is 0 Å². The van der Waals surface area contributed by atoms with E-state index in [9.17, 15) is 19.2 Å². The van der Waals surface area contributed by atoms with Gasteiger partial charge in [-0.05, 0) is 69.8 Å². The second-order valence-electron chi connectivity index (χ2n) is 9.40. The molecule has 4 fully saturated rings. The molecule has 1 aromatic heterocycles. The minimum atomic E-state index is -0.190. The highest BCUT2D eigenvalue weighted by atomic mass is 16.2. The van der Waals surface area contributed by atoms with Gasteiger partial charge in [-0.1, -0.05) is 0 Å². The zero-order valence-electron chi connectivity index (χ0n) is 17.2. The van der Waals surface area contributed by atoms with Crippen LogP contribution in [-0.2, 0) is 14.4 Å². The molecule has 1 aromatic rings. The van der Waals surface area contributed by atoms with Crippen molar-refractivity contribution in [3.63, 3.8) is 0 Å². The van der Waals surface area contributed by atoms with Crippen LogP contribution in [0.25, 0.3) is 0 Å². The van der Waals surface area contributed by atoms with Gasteiger partial charge in [0.15, 0.2) is 5.78 Å². The van der Waals surface area contributed by atoms with Gasteiger partial charge in [-0.25, -0.2) is 0 Å². The predicted molar refractivity (Wildman–Crippen MR) is 108 cm³/mol. The third kappa shape index (κ3) is 2.97. The quantitative estimate of drug-likeness (QED) is 0.609. The van der Waals surface area contributed by atoms with Crippen molar-refractivity contribution in [3.8, 4) is 0 Å². The molecule has 2 bridgehead atoms. The van der Waals surface area contributed by atoms with Crippen LogP contribution in [0, 0.1) is 29.6 Å². The van der Waals surface area contributed by atoms with E-state index in [0.29, 0.717) is 48.8 Å². The summed E-state index contributed by atoms with van der Waals surface area (Å²) >= 11 is 0. The second kappa shape index (κ2) is 7.29. The number of Topliss-reactive ketones (excluding diaryl/α,β-unsaturated/α-hetero) is 1. The number of likely N-dealkylation sites (tertiary alicyclic amines) is 1. The van der Waals surface area contributed by atoms with Crippen LogP contribution in [0.1, 0.15) is 62.2 Å². The number of anilines is 1. The Morgan fingerprint density at radius 1 is 1.00 bits per heavy atom. The molecule has 1 N–H and O–H groups in total. The van der Waals surface area contributed by atoms with E-state index in [1.54, 1.807) is 11.0 Å². The molecule has 0 spiro atoms. The second-order valence-corrected chi connectivity index (χ2v) is 9.40. The molecule has 5 rings (SSSR count). The highest BCUT2D eigenvalue weighted by Crippen LogP contribution is 2.56. The van der Waals surface area contributed by atoms with Crippen LogP contribution in [0.15, 0.2) is 18.5 Å². The van der Waals surface area contributed by atoms with Gasteiger partial charge < -0.3 is 5.32 Å². The van der Waals surface area contributed by atoms with Crippen molar-refractivity contribution >= 4 is 29.2 Å². The first-order valence-electron chi connectivity index (χ1n) is 11.1. The van der Waals surface area contributed by atoms with E-state index in [2.05, 4.69) is 10.3 Å². The molecule has 0 unspecified atom stereocenters. The minimum absolute atomic E-state index is 0.0477. The molecule has 3 aliphatic carbocycles. The molecule has 7 nitrogen and oxygen atoms in total. The van der Waals surface area contributed by atoms with Crippen LogP contribution < -0.4 is 5.32 Å². The first-order valence-corrected chi connectivity index (χ1v) is 11.1. The molecule has 7 heteroatoms. The molecular formula is C23H27N3O4. The molecule has 4 aliphatic rings. The Kier molecular flexibility index (Phi) is 4.71. The third-order valence-electron chi connectivity index (χ3n) is 7.85. The molecule has 4 atom stereocenters. The number of aromatic nitrogens is 1. The number of nitrogens with one attached hydrogen (secondary N) is 1. The van der Waals surface area contributed by atoms with Crippen molar-refractivity contribution in [2.75, 3.05) is 5.32 Å². The summed E-state index contributed by atoms with van der Waals surface area (Å²) in [6, 6.07) is 1.52. The van der Waals surface area contributed by atoms with Gasteiger partial charge in [-0.15, -0.1) is 0 Å². The molecule has 0 aromatic carbocycles. The number of ketones is 1. The zero-order chi connectivity index (χ0) is 21.0. The van der Waals surface area contributed by atoms with Gasteiger partial charge in [0.25, 0.3) is 0 Å². The Hall–Kier alpha value is -2.57. The Bertz CT molecular complexity index is 893. The third-order valence-corrected chi connectivity index (χ3v) is 7.85. The standard InChI is InChI=1S/C23H27N3O4/c1-12(27)17-8-9-24-11-18(17)25-21(28)13-4-6-16(7-5-13)26-22(29)19-14-2-3-15(10-14)20(19)23(26)30/h8-9,11,13-16,19-20H,2-7,10H2,1H3,(H,25,28)/t13-,14-,15+,16-,19-,20+. The van der Waals surface area contributed by atoms with E-state index >= 15 is 0 Å². The first kappa shape index (κ1) is 19.4. The number of hydrogen-bond acceptors (Lipinski definition) is 5. The van der Waals surface area contributed by atoms with Gasteiger partial charge in [-0.3, -0.25) is 29.1 Å². The number of fused-ring (bicyclic) bond motifs is 5. The summed E-state index contributed by atoms with van der Waals surface area (Å²) in [4.78, 5) is 56.2. The highest BCUT2D eigenvalue weighted by molar-refractivity contribution is 6.06. The van der Waals surface area contributed by atoms with E-state index in [1.165, 1.54) is 19.3 Å². The van der Waals surface area contributed by atoms with Crippen LogP contribution >= 0.6 is 0 Å². The van der Waals surface area contributed by atoms with Crippen LogP contribution in [0.4, 0.5) is 5.69 Å². The Labute approximate surface area is 175 Å². The van der Waals surface area contributed by atoms with Crippen molar-refractivity contribution in [1.29, 1.82) is 0 Å². The summed E-state index contributed by atoms with van der Waals surface area (Å²) in [6.45, 7) is 1.46. The van der Waals surface area contributed by atoms with Crippen molar-refractivity contribution in [2.45, 2.75) is 57.9 Å². The van der Waals surface area contributed by atoms with E-state index in [-0.39, 0.29) is 47.3 Å². The van der Waals surface area contributed by atoms with Crippen LogP contribution in [0.5, 0.6) is 0 Å². The lowest BCUT2D eigenvalue weighted by atomic mass is 9.81. The van der Waals surface area contributed by atoms with Crippen LogP contribution in [-0.4, -0.2) is 39.4 Å². The average Bonchev–Trinajstić information content (AvgIpc) is 3.42. The summed E-state index contributed by atoms with van der Waals surface area (Å²) in [5.41, 5.74) is 0.881. The molecule has 3 saturated carbocycles. The number of hydrogen-bond donors (Lipinski definition) is 1. The fourth-order valence-electron chi connectivity index (χ4n) is 6.42. The number of carbonyl (C=O) groups excluding carboxylic acids is 4. The molecule has 1 aliphatic heterocycles. The van der Waals surface area contributed by atoms with E-state index in [1.807, 2.05) is 0 Å². The van der Waals surface area contributed by atoms with Gasteiger partial charge in [0.05, 0.1) is 23.7 Å². The lowest BCUT2D eigenvalue weighted by Gasteiger charge is -2.33. The number of rotatable bonds is 4. The molecule has 30 heavy (non-hydrogen) atoms. The number of nitrogens with zero attached hydrogens (tertiary/aromatic N) is 2. The summed E-state index contributed by atoms with van der Waals surface area (Å²) in [6.07, 6.45) is 8.83. The maximum Gasteiger partial charge on any atom is 0.233 e. The van der Waals surface area contributed by atoms with Gasteiger partial charge in [0.2, 0.25) is 17.7 Å². The Morgan fingerprint density at radius 3 is 2.23 bits per heavy atom. The van der Waals surface area contributed by atoms with E-state index in [0.717, 1.165) is 19.3 Å². The zero-order valence-corrected chi connectivity index (χ0v) is 17.2. The van der Waals surface area contributed by atoms with E-state index < -0.39 is 0 Å². The molecule has 2 heterocycles. The lowest BCUT2D eigenvalue weighted by molar-refractivity contribution is -0.144. The van der Waals surface area contributed by atoms with Crippen molar-refractivity contribution in [3.05, 3.63) is 24.0 Å². The number of imide groups is 1. The number of carbonyl (C=O) groups is 4. The fraction of sp³-hybridized carbons (Fsp3) is 0.609. The molecular weight excluding hydrogens is 382 g/mol. The SMILES string of the molecule is CC(=O)c1ccncc1NC(=O)[C@H]1CC[C@H](N2C(=O)[C@@H]3[C@@H]4CC[C@@H](C4)[C@@H]3C2=O)CC1. The highest BCUT2D eigenvalue weighted by Gasteiger charge is 2.61. The monoisotopic (exact) mass is 409 g/mol. The summed E-state index contributed by atoms with van der Waals surface area (Å²) in [5.74, 6) is 0.306. The topological polar surface area (TPSA) is 96.4 Å². The van der Waals surface area contributed by atoms with E-state index in [4.69, 9.17) is 0 Å². The van der Waals surface area contributed by atoms with Crippen LogP contribution in [0.3, 0.4) is 0 Å². The first-order chi connectivity index (χ1) is 14.5. The number of pyridine rings is 1.